The molecule has 0 aliphatic heterocycles. The first kappa shape index (κ1) is 24.4. The minimum Gasteiger partial charge on any atom is -0.347 e. The molecule has 7 nitrogen and oxygen atoms in total. The molecular weight excluding hydrogens is 343 g/mol. The van der Waals surface area contributed by atoms with Gasteiger partial charge in [0.1, 0.15) is 0 Å². The highest BCUT2D eigenvalue weighted by Gasteiger charge is 2.28. The van der Waals surface area contributed by atoms with Crippen molar-refractivity contribution in [3.63, 3.8) is 0 Å². The number of rotatable bonds is 13. The molecule has 1 unspecified atom stereocenters. The molecule has 8 heteroatoms. The van der Waals surface area contributed by atoms with E-state index in [-0.39, 0.29) is 30.8 Å². The smallest absolute Gasteiger partial charge is 0.277 e. The normalized spacial score (nSPS) is 10.9. The lowest BCUT2D eigenvalue weighted by molar-refractivity contribution is -0.138. The van der Waals surface area contributed by atoms with Crippen LogP contribution in [0.3, 0.4) is 0 Å². The Balaban J connectivity index is 4.42. The third-order valence-corrected chi connectivity index (χ3v) is 4.35. The lowest BCUT2D eigenvalue weighted by atomic mass is 9.43. The van der Waals surface area contributed by atoms with Crippen LogP contribution in [0.2, 0.25) is 12.6 Å². The van der Waals surface area contributed by atoms with E-state index in [9.17, 15) is 14.4 Å². The van der Waals surface area contributed by atoms with Gasteiger partial charge in [0.25, 0.3) is 6.71 Å². The number of carbonyl (C=O) groups is 3. The van der Waals surface area contributed by atoms with Crippen molar-refractivity contribution in [3.05, 3.63) is 25.3 Å². The van der Waals surface area contributed by atoms with Crippen molar-refractivity contribution in [1.29, 1.82) is 5.26 Å². The monoisotopic (exact) mass is 374 g/mol. The van der Waals surface area contributed by atoms with Gasteiger partial charge in [-0.25, -0.2) is 5.26 Å². The Morgan fingerprint density at radius 2 is 1.81 bits per heavy atom. The third kappa shape index (κ3) is 9.64. The van der Waals surface area contributed by atoms with Crippen LogP contribution in [0.1, 0.15) is 25.7 Å². The highest BCUT2D eigenvalue weighted by molar-refractivity contribution is 6.70. The van der Waals surface area contributed by atoms with E-state index in [2.05, 4.69) is 18.5 Å². The van der Waals surface area contributed by atoms with Crippen molar-refractivity contribution >= 4 is 24.4 Å². The molecule has 0 aromatic heterocycles. The fourth-order valence-corrected chi connectivity index (χ4v) is 2.41. The van der Waals surface area contributed by atoms with Gasteiger partial charge in [-0.1, -0.05) is 19.0 Å². The highest BCUT2D eigenvalue weighted by atomic mass is 16.2. The zero-order chi connectivity index (χ0) is 20.8. The molecule has 0 saturated heterocycles. The summed E-state index contributed by atoms with van der Waals surface area (Å²) in [6.45, 7) is 8.80. The van der Waals surface area contributed by atoms with Gasteiger partial charge in [0, 0.05) is 32.4 Å². The van der Waals surface area contributed by atoms with Crippen LogP contribution in [-0.2, 0) is 14.4 Å². The van der Waals surface area contributed by atoms with Gasteiger partial charge in [0.15, 0.2) is 0 Å². The number of likely N-dealkylation sites (N-methyl/N-ethyl adjacent to an activating group) is 2. The number of unbranched alkanes of at least 4 members (excludes halogenated alkanes) is 2. The molecule has 0 aromatic carbocycles. The summed E-state index contributed by atoms with van der Waals surface area (Å²) in [5.74, 6) is 0.616. The second kappa shape index (κ2) is 13.6. The molecule has 0 spiro atoms. The zero-order valence-corrected chi connectivity index (χ0v) is 16.7. The van der Waals surface area contributed by atoms with E-state index in [1.165, 1.54) is 11.9 Å². The molecule has 0 bridgehead atoms. The summed E-state index contributed by atoms with van der Waals surface area (Å²) >= 11 is 0. The van der Waals surface area contributed by atoms with Gasteiger partial charge in [0.05, 0.1) is 13.1 Å². The Bertz CT molecular complexity index is 574. The average molecular weight is 374 g/mol. The van der Waals surface area contributed by atoms with Crippen molar-refractivity contribution in [1.82, 2.24) is 15.1 Å². The summed E-state index contributed by atoms with van der Waals surface area (Å²) in [5.41, 5.74) is 0. The van der Waals surface area contributed by atoms with Gasteiger partial charge in [-0.05, 0) is 25.7 Å². The summed E-state index contributed by atoms with van der Waals surface area (Å²) in [6.07, 6.45) is 6.55. The molecule has 0 aromatic rings. The van der Waals surface area contributed by atoms with Crippen molar-refractivity contribution in [2.45, 2.75) is 38.3 Å². The maximum Gasteiger partial charge on any atom is 0.277 e. The van der Waals surface area contributed by atoms with E-state index >= 15 is 0 Å². The highest BCUT2D eigenvalue weighted by Crippen LogP contribution is 2.15. The van der Waals surface area contributed by atoms with Crippen molar-refractivity contribution < 1.29 is 14.4 Å². The molecule has 1 N–H and O–H groups in total. The minimum absolute atomic E-state index is 0.0443. The average Bonchev–Trinajstić information content (AvgIpc) is 2.66. The van der Waals surface area contributed by atoms with Crippen LogP contribution in [0.5, 0.6) is 0 Å². The standard InChI is InChI=1S/C19H31BN4O3/c1-6-8-9-10-12-23(4)18(26)14-24(5)17(25)13-22-19(27)16(11-7-2)20(3)15-21/h6-7,16H,1-2,8-14H2,3-5H3,(H,22,27). The van der Waals surface area contributed by atoms with Crippen LogP contribution in [0.25, 0.3) is 0 Å². The maximum absolute atomic E-state index is 12.2. The van der Waals surface area contributed by atoms with Crippen molar-refractivity contribution in [2.24, 2.45) is 0 Å². The molecular formula is C19H31BN4O3. The quantitative estimate of drug-likeness (QED) is 0.300. The summed E-state index contributed by atoms with van der Waals surface area (Å²) in [6, 6.07) is 0. The van der Waals surface area contributed by atoms with E-state index in [4.69, 9.17) is 5.26 Å². The SMILES string of the molecule is C=CCCCCN(C)C(=O)CN(C)C(=O)CNC(=O)C(CC=C)B(C)C#N. The molecule has 0 fully saturated rings. The molecule has 0 heterocycles. The summed E-state index contributed by atoms with van der Waals surface area (Å²) in [7, 11) is 3.23. The Morgan fingerprint density at radius 3 is 2.37 bits per heavy atom. The van der Waals surface area contributed by atoms with E-state index in [0.29, 0.717) is 13.0 Å². The number of hydrogen-bond acceptors (Lipinski definition) is 4. The Labute approximate surface area is 163 Å². The zero-order valence-electron chi connectivity index (χ0n) is 16.7. The van der Waals surface area contributed by atoms with Crippen LogP contribution in [-0.4, -0.2) is 68.0 Å². The summed E-state index contributed by atoms with van der Waals surface area (Å²) in [5, 5.41) is 11.6. The second-order valence-corrected chi connectivity index (χ2v) is 6.62. The number of nitrogens with zero attached hydrogens (tertiary/aromatic N) is 3. The number of hydrogen-bond donors (Lipinski definition) is 1. The first-order chi connectivity index (χ1) is 12.8. The summed E-state index contributed by atoms with van der Waals surface area (Å²) in [4.78, 5) is 39.4. The molecule has 27 heavy (non-hydrogen) atoms. The molecule has 0 saturated carbocycles. The molecule has 148 valence electrons. The fraction of sp³-hybridized carbons (Fsp3) is 0.579. The molecule has 0 aliphatic rings. The van der Waals surface area contributed by atoms with Gasteiger partial charge in [-0.3, -0.25) is 14.4 Å². The van der Waals surface area contributed by atoms with Crippen LogP contribution in [0.4, 0.5) is 0 Å². The number of amides is 3. The van der Waals surface area contributed by atoms with E-state index in [1.54, 1.807) is 24.8 Å². The van der Waals surface area contributed by atoms with E-state index < -0.39 is 12.5 Å². The Hall–Kier alpha value is -2.56. The molecule has 0 radical (unpaired) electrons. The first-order valence-corrected chi connectivity index (χ1v) is 9.15. The van der Waals surface area contributed by atoms with Crippen molar-refractivity contribution in [2.75, 3.05) is 33.7 Å². The first-order valence-electron chi connectivity index (χ1n) is 9.15. The predicted molar refractivity (Wildman–Crippen MR) is 108 cm³/mol. The molecule has 3 amide bonds. The van der Waals surface area contributed by atoms with Crippen LogP contribution >= 0.6 is 0 Å². The van der Waals surface area contributed by atoms with E-state index in [1.807, 2.05) is 12.0 Å². The van der Waals surface area contributed by atoms with Crippen molar-refractivity contribution in [3.8, 4) is 5.97 Å². The Morgan fingerprint density at radius 1 is 1.15 bits per heavy atom. The third-order valence-electron chi connectivity index (χ3n) is 4.35. The van der Waals surface area contributed by atoms with Gasteiger partial charge in [0.2, 0.25) is 17.7 Å². The Kier molecular flexibility index (Phi) is 12.3. The minimum atomic E-state index is -0.547. The van der Waals surface area contributed by atoms with Gasteiger partial charge in [-0.2, -0.15) is 0 Å². The van der Waals surface area contributed by atoms with Gasteiger partial charge < -0.3 is 15.1 Å². The van der Waals surface area contributed by atoms with Gasteiger partial charge >= 0.3 is 0 Å². The number of nitrogens with one attached hydrogen (secondary N) is 1. The largest absolute Gasteiger partial charge is 0.347 e. The number of allylic oxidation sites excluding steroid dienone is 2. The summed E-state index contributed by atoms with van der Waals surface area (Å²) < 4.78 is 0. The predicted octanol–water partition coefficient (Wildman–Crippen LogP) is 1.51. The van der Waals surface area contributed by atoms with Crippen LogP contribution in [0, 0.1) is 11.2 Å². The lowest BCUT2D eigenvalue weighted by Gasteiger charge is -2.22. The van der Waals surface area contributed by atoms with Gasteiger partial charge in [-0.15, -0.1) is 13.2 Å². The van der Waals surface area contributed by atoms with Crippen LogP contribution in [0.15, 0.2) is 25.3 Å². The topological polar surface area (TPSA) is 93.5 Å². The number of carbonyl (C=O) groups excluding carboxylic acids is 3. The van der Waals surface area contributed by atoms with E-state index in [0.717, 1.165) is 19.3 Å². The lowest BCUT2D eigenvalue weighted by Crippen LogP contribution is -2.45. The molecule has 0 aliphatic carbocycles. The molecule has 0 rings (SSSR count). The van der Waals surface area contributed by atoms with Crippen LogP contribution < -0.4 is 5.32 Å². The second-order valence-electron chi connectivity index (χ2n) is 6.62. The maximum atomic E-state index is 12.2. The molecule has 1 atom stereocenters. The fourth-order valence-electron chi connectivity index (χ4n) is 2.41. The number of nitriles is 1.